The lowest BCUT2D eigenvalue weighted by molar-refractivity contribution is -0.135. The van der Waals surface area contributed by atoms with Crippen LogP contribution < -0.4 is 5.69 Å². The summed E-state index contributed by atoms with van der Waals surface area (Å²) in [6.07, 6.45) is 6.09. The number of aromatic nitrogens is 2. The fraction of sp³-hybridized carbons (Fsp3) is 0.684. The first-order chi connectivity index (χ1) is 13.0. The van der Waals surface area contributed by atoms with Gasteiger partial charge in [-0.15, -0.1) is 0 Å². The molecule has 27 heavy (non-hydrogen) atoms. The third-order valence-corrected chi connectivity index (χ3v) is 5.79. The Morgan fingerprint density at radius 2 is 1.96 bits per heavy atom. The molecule has 2 aliphatic heterocycles. The van der Waals surface area contributed by atoms with Gasteiger partial charge in [-0.05, 0) is 12.0 Å². The molecule has 148 valence electrons. The van der Waals surface area contributed by atoms with Gasteiger partial charge in [0.2, 0.25) is 5.91 Å². The van der Waals surface area contributed by atoms with Crippen molar-refractivity contribution in [1.29, 1.82) is 0 Å². The van der Waals surface area contributed by atoms with Crippen molar-refractivity contribution in [2.45, 2.75) is 51.7 Å². The van der Waals surface area contributed by atoms with Gasteiger partial charge in [0.1, 0.15) is 12.1 Å². The number of ether oxygens (including phenoxy) is 1. The summed E-state index contributed by atoms with van der Waals surface area (Å²) in [4.78, 5) is 43.7. The van der Waals surface area contributed by atoms with Crippen LogP contribution in [0.2, 0.25) is 0 Å². The Morgan fingerprint density at radius 1 is 1.26 bits per heavy atom. The van der Waals surface area contributed by atoms with Crippen LogP contribution in [0, 0.1) is 5.92 Å². The van der Waals surface area contributed by atoms with Crippen molar-refractivity contribution in [3.8, 4) is 0 Å². The topological polar surface area (TPSA) is 84.7 Å². The van der Waals surface area contributed by atoms with Crippen molar-refractivity contribution in [3.63, 3.8) is 0 Å². The summed E-state index contributed by atoms with van der Waals surface area (Å²) in [6, 6.07) is 1.63. The maximum Gasteiger partial charge on any atom is 0.410 e. The van der Waals surface area contributed by atoms with E-state index in [1.807, 2.05) is 4.90 Å². The molecule has 0 unspecified atom stereocenters. The summed E-state index contributed by atoms with van der Waals surface area (Å²) in [5, 5.41) is 0. The van der Waals surface area contributed by atoms with Crippen LogP contribution in [0.1, 0.15) is 39.5 Å². The van der Waals surface area contributed by atoms with E-state index in [4.69, 9.17) is 4.74 Å². The summed E-state index contributed by atoms with van der Waals surface area (Å²) < 4.78 is 7.05. The van der Waals surface area contributed by atoms with Crippen LogP contribution in [-0.4, -0.2) is 63.1 Å². The normalized spacial score (nSPS) is 19.0. The smallest absolute Gasteiger partial charge is 0.410 e. The zero-order chi connectivity index (χ0) is 19.4. The average Bonchev–Trinajstić information content (AvgIpc) is 2.96. The molecule has 2 saturated heterocycles. The molecule has 0 saturated carbocycles. The van der Waals surface area contributed by atoms with Gasteiger partial charge in [-0.2, -0.15) is 0 Å². The third-order valence-electron chi connectivity index (χ3n) is 5.79. The largest absolute Gasteiger partial charge is 0.441 e. The lowest BCUT2D eigenvalue weighted by Gasteiger charge is -2.37. The highest BCUT2D eigenvalue weighted by atomic mass is 16.6. The third kappa shape index (κ3) is 4.31. The zero-order valence-electron chi connectivity index (χ0n) is 16.1. The molecular weight excluding hydrogens is 348 g/mol. The summed E-state index contributed by atoms with van der Waals surface area (Å²) >= 11 is 0. The van der Waals surface area contributed by atoms with Gasteiger partial charge in [0.05, 0.1) is 6.54 Å². The maximum absolute atomic E-state index is 12.5. The lowest BCUT2D eigenvalue weighted by Crippen LogP contribution is -2.50. The number of hydrogen-bond acceptors (Lipinski definition) is 5. The molecule has 0 radical (unpaired) electrons. The number of likely N-dealkylation sites (tertiary alicyclic amines) is 1. The van der Waals surface area contributed by atoms with Crippen molar-refractivity contribution >= 4 is 12.0 Å². The second kappa shape index (κ2) is 8.10. The van der Waals surface area contributed by atoms with Crippen LogP contribution in [0.25, 0.3) is 0 Å². The van der Waals surface area contributed by atoms with Crippen LogP contribution in [-0.2, 0) is 16.1 Å². The van der Waals surface area contributed by atoms with Crippen molar-refractivity contribution in [1.82, 2.24) is 19.4 Å². The summed E-state index contributed by atoms with van der Waals surface area (Å²) in [5.74, 6) is 0.380. The zero-order valence-corrected chi connectivity index (χ0v) is 16.1. The number of rotatable bonds is 6. The predicted molar refractivity (Wildman–Crippen MR) is 99.2 cm³/mol. The number of carbonyl (C=O) groups excluding carboxylic acids is 2. The standard InChI is InChI=1S/C19H28N4O4/c1-3-15(4-2)12-23-14-19(27-18(23)26)6-10-21(11-7-19)16(24)13-22-9-5-8-20-17(22)25/h5,8-9,15H,3-4,6-7,10-14H2,1-2H3. The highest BCUT2D eigenvalue weighted by molar-refractivity contribution is 5.76. The Balaban J connectivity index is 1.55. The van der Waals surface area contributed by atoms with Crippen molar-refractivity contribution in [2.75, 3.05) is 26.2 Å². The number of piperidine rings is 1. The van der Waals surface area contributed by atoms with Gasteiger partial charge in [0.25, 0.3) is 0 Å². The van der Waals surface area contributed by atoms with Crippen molar-refractivity contribution < 1.29 is 14.3 Å². The molecule has 0 N–H and O–H groups in total. The molecule has 1 aromatic rings. The SMILES string of the molecule is CCC(CC)CN1CC2(CCN(C(=O)Cn3cccnc3=O)CC2)OC1=O. The molecule has 2 aliphatic rings. The molecule has 0 atom stereocenters. The van der Waals surface area contributed by atoms with Crippen molar-refractivity contribution in [3.05, 3.63) is 28.9 Å². The van der Waals surface area contributed by atoms with Crippen LogP contribution in [0.5, 0.6) is 0 Å². The molecule has 1 aromatic heterocycles. The molecular formula is C19H28N4O4. The Bertz CT molecular complexity index is 735. The summed E-state index contributed by atoms with van der Waals surface area (Å²) in [6.45, 7) is 6.67. The number of amides is 2. The summed E-state index contributed by atoms with van der Waals surface area (Å²) in [7, 11) is 0. The molecule has 2 amide bonds. The molecule has 0 aliphatic carbocycles. The van der Waals surface area contributed by atoms with E-state index >= 15 is 0 Å². The fourth-order valence-corrected chi connectivity index (χ4v) is 3.87. The Labute approximate surface area is 159 Å². The fourth-order valence-electron chi connectivity index (χ4n) is 3.87. The minimum atomic E-state index is -0.481. The van der Waals surface area contributed by atoms with Gasteiger partial charge < -0.3 is 14.5 Å². The number of nitrogens with zero attached hydrogens (tertiary/aromatic N) is 4. The van der Waals surface area contributed by atoms with Gasteiger partial charge in [0.15, 0.2) is 0 Å². The summed E-state index contributed by atoms with van der Waals surface area (Å²) in [5.41, 5.74) is -0.911. The first-order valence-corrected chi connectivity index (χ1v) is 9.73. The minimum absolute atomic E-state index is 0.0136. The first kappa shape index (κ1) is 19.4. The van der Waals surface area contributed by atoms with E-state index in [1.165, 1.54) is 10.8 Å². The lowest BCUT2D eigenvalue weighted by atomic mass is 9.91. The van der Waals surface area contributed by atoms with E-state index in [0.717, 1.165) is 19.4 Å². The number of carbonyl (C=O) groups is 2. The van der Waals surface area contributed by atoms with Crippen LogP contribution in [0.4, 0.5) is 4.79 Å². The van der Waals surface area contributed by atoms with E-state index < -0.39 is 11.3 Å². The quantitative estimate of drug-likeness (QED) is 0.751. The molecule has 8 heteroatoms. The van der Waals surface area contributed by atoms with Crippen LogP contribution in [0.3, 0.4) is 0 Å². The second-order valence-corrected chi connectivity index (χ2v) is 7.52. The van der Waals surface area contributed by atoms with Gasteiger partial charge in [-0.3, -0.25) is 9.36 Å². The van der Waals surface area contributed by atoms with Crippen molar-refractivity contribution in [2.24, 2.45) is 5.92 Å². The molecule has 0 aromatic carbocycles. The van der Waals surface area contributed by atoms with Gasteiger partial charge in [-0.1, -0.05) is 26.7 Å². The van der Waals surface area contributed by atoms with E-state index in [0.29, 0.717) is 38.4 Å². The average molecular weight is 376 g/mol. The van der Waals surface area contributed by atoms with Crippen LogP contribution in [0.15, 0.2) is 23.3 Å². The molecule has 2 fully saturated rings. The van der Waals surface area contributed by atoms with Gasteiger partial charge in [0, 0.05) is 44.9 Å². The highest BCUT2D eigenvalue weighted by Gasteiger charge is 2.47. The molecule has 8 nitrogen and oxygen atoms in total. The first-order valence-electron chi connectivity index (χ1n) is 9.73. The monoisotopic (exact) mass is 376 g/mol. The Kier molecular flexibility index (Phi) is 5.82. The van der Waals surface area contributed by atoms with Gasteiger partial charge in [-0.25, -0.2) is 14.6 Å². The highest BCUT2D eigenvalue weighted by Crippen LogP contribution is 2.34. The van der Waals surface area contributed by atoms with Crippen LogP contribution >= 0.6 is 0 Å². The molecule has 1 spiro atoms. The van der Waals surface area contributed by atoms with E-state index in [1.54, 1.807) is 17.2 Å². The Hall–Kier alpha value is -2.38. The second-order valence-electron chi connectivity index (χ2n) is 7.52. The molecule has 3 rings (SSSR count). The predicted octanol–water partition coefficient (Wildman–Crippen LogP) is 1.49. The van der Waals surface area contributed by atoms with Gasteiger partial charge >= 0.3 is 11.8 Å². The number of hydrogen-bond donors (Lipinski definition) is 0. The molecule has 0 bridgehead atoms. The van der Waals surface area contributed by atoms with E-state index in [9.17, 15) is 14.4 Å². The molecule has 3 heterocycles. The Morgan fingerprint density at radius 3 is 2.59 bits per heavy atom. The minimum Gasteiger partial charge on any atom is -0.441 e. The maximum atomic E-state index is 12.5. The van der Waals surface area contributed by atoms with E-state index in [2.05, 4.69) is 18.8 Å². The van der Waals surface area contributed by atoms with E-state index in [-0.39, 0.29) is 18.5 Å².